The lowest BCUT2D eigenvalue weighted by atomic mass is 10.1. The molecule has 112 valence electrons. The summed E-state index contributed by atoms with van der Waals surface area (Å²) < 4.78 is 39.9. The van der Waals surface area contributed by atoms with E-state index in [-0.39, 0.29) is 4.90 Å². The number of para-hydroxylation sites is 1. The van der Waals surface area contributed by atoms with E-state index < -0.39 is 15.8 Å². The topological polar surface area (TPSA) is 37.4 Å². The molecule has 0 unspecified atom stereocenters. The molecule has 0 fully saturated rings. The summed E-state index contributed by atoms with van der Waals surface area (Å²) in [4.78, 5) is 0.0911. The van der Waals surface area contributed by atoms with E-state index in [1.165, 1.54) is 16.4 Å². The largest absolute Gasteiger partial charge is 0.266 e. The predicted octanol–water partition coefficient (Wildman–Crippen LogP) is 3.66. The van der Waals surface area contributed by atoms with Crippen molar-refractivity contribution in [2.45, 2.75) is 25.7 Å². The van der Waals surface area contributed by atoms with Crippen LogP contribution in [-0.2, 0) is 10.0 Å². The van der Waals surface area contributed by atoms with Crippen molar-refractivity contribution < 1.29 is 12.8 Å². The third kappa shape index (κ3) is 2.93. The number of hydrogen-bond donors (Lipinski definition) is 0. The van der Waals surface area contributed by atoms with Crippen molar-refractivity contribution in [1.82, 2.24) is 0 Å². The first-order valence-electron chi connectivity index (χ1n) is 6.72. The minimum absolute atomic E-state index is 0.0911. The molecule has 2 aromatic rings. The summed E-state index contributed by atoms with van der Waals surface area (Å²) in [6.45, 7) is 5.86. The van der Waals surface area contributed by atoms with E-state index in [0.717, 1.165) is 23.3 Å². The molecule has 0 aliphatic heterocycles. The van der Waals surface area contributed by atoms with Crippen molar-refractivity contribution >= 4 is 15.7 Å². The van der Waals surface area contributed by atoms with Crippen LogP contribution in [0.3, 0.4) is 0 Å². The number of benzene rings is 2. The summed E-state index contributed by atoms with van der Waals surface area (Å²) in [5.74, 6) is -0.455. The van der Waals surface area contributed by atoms with Crippen molar-refractivity contribution in [2.24, 2.45) is 0 Å². The summed E-state index contributed by atoms with van der Waals surface area (Å²) in [7, 11) is -3.70. The maximum absolute atomic E-state index is 13.0. The van der Waals surface area contributed by atoms with Crippen LogP contribution in [0.4, 0.5) is 10.1 Å². The minimum atomic E-state index is -3.70. The van der Waals surface area contributed by atoms with E-state index in [0.29, 0.717) is 12.2 Å². The van der Waals surface area contributed by atoms with Crippen LogP contribution in [0.15, 0.2) is 47.4 Å². The Morgan fingerprint density at radius 3 is 2.00 bits per heavy atom. The van der Waals surface area contributed by atoms with Gasteiger partial charge in [0.15, 0.2) is 0 Å². The average Bonchev–Trinajstić information content (AvgIpc) is 2.43. The standard InChI is InChI=1S/C16H18FNO2S/c1-4-18(16-12(2)6-5-7-13(16)3)21(19,20)15-10-8-14(17)9-11-15/h5-11H,4H2,1-3H3. The summed E-state index contributed by atoms with van der Waals surface area (Å²) in [5.41, 5.74) is 2.47. The smallest absolute Gasteiger partial charge is 0.264 e. The molecule has 0 amide bonds. The van der Waals surface area contributed by atoms with Gasteiger partial charge in [-0.05, 0) is 56.2 Å². The zero-order chi connectivity index (χ0) is 15.6. The van der Waals surface area contributed by atoms with Crippen LogP contribution >= 0.6 is 0 Å². The number of nitrogens with zero attached hydrogens (tertiary/aromatic N) is 1. The van der Waals surface area contributed by atoms with Crippen molar-refractivity contribution in [2.75, 3.05) is 10.8 Å². The second-order valence-corrected chi connectivity index (χ2v) is 6.73. The normalized spacial score (nSPS) is 11.4. The molecule has 0 N–H and O–H groups in total. The third-order valence-electron chi connectivity index (χ3n) is 3.38. The van der Waals surface area contributed by atoms with E-state index in [1.54, 1.807) is 6.92 Å². The second kappa shape index (κ2) is 5.85. The number of halogens is 1. The van der Waals surface area contributed by atoms with Crippen LogP contribution in [0.1, 0.15) is 18.1 Å². The lowest BCUT2D eigenvalue weighted by Crippen LogP contribution is -2.32. The lowest BCUT2D eigenvalue weighted by molar-refractivity contribution is 0.590. The van der Waals surface area contributed by atoms with Crippen LogP contribution < -0.4 is 4.31 Å². The Morgan fingerprint density at radius 2 is 1.52 bits per heavy atom. The monoisotopic (exact) mass is 307 g/mol. The summed E-state index contributed by atoms with van der Waals surface area (Å²) in [5, 5.41) is 0. The fourth-order valence-corrected chi connectivity index (χ4v) is 3.98. The van der Waals surface area contributed by atoms with Gasteiger partial charge in [-0.25, -0.2) is 12.8 Å². The van der Waals surface area contributed by atoms with Gasteiger partial charge in [0.1, 0.15) is 5.82 Å². The number of rotatable bonds is 4. The maximum atomic E-state index is 13.0. The summed E-state index contributed by atoms with van der Waals surface area (Å²) >= 11 is 0. The van der Waals surface area contributed by atoms with Gasteiger partial charge in [0.25, 0.3) is 10.0 Å². The van der Waals surface area contributed by atoms with Crippen molar-refractivity contribution in [1.29, 1.82) is 0 Å². The van der Waals surface area contributed by atoms with Crippen molar-refractivity contribution in [3.8, 4) is 0 Å². The molecule has 0 bridgehead atoms. The molecule has 0 aliphatic carbocycles. The van der Waals surface area contributed by atoms with E-state index >= 15 is 0 Å². The number of aryl methyl sites for hydroxylation is 2. The number of hydrogen-bond acceptors (Lipinski definition) is 2. The average molecular weight is 307 g/mol. The molecule has 2 aromatic carbocycles. The summed E-state index contributed by atoms with van der Waals surface area (Å²) in [6.07, 6.45) is 0. The molecule has 0 aliphatic rings. The van der Waals surface area contributed by atoms with Gasteiger partial charge in [-0.15, -0.1) is 0 Å². The fraction of sp³-hybridized carbons (Fsp3) is 0.250. The highest BCUT2D eigenvalue weighted by atomic mass is 32.2. The quantitative estimate of drug-likeness (QED) is 0.864. The van der Waals surface area contributed by atoms with Crippen LogP contribution in [0.5, 0.6) is 0 Å². The van der Waals surface area contributed by atoms with E-state index in [1.807, 2.05) is 32.0 Å². The Kier molecular flexibility index (Phi) is 4.32. The Labute approximate surface area is 125 Å². The highest BCUT2D eigenvalue weighted by Gasteiger charge is 2.25. The van der Waals surface area contributed by atoms with Gasteiger partial charge < -0.3 is 0 Å². The highest BCUT2D eigenvalue weighted by Crippen LogP contribution is 2.29. The molecular formula is C16H18FNO2S. The van der Waals surface area contributed by atoms with Crippen molar-refractivity contribution in [3.63, 3.8) is 0 Å². The molecule has 0 radical (unpaired) electrons. The van der Waals surface area contributed by atoms with E-state index in [2.05, 4.69) is 0 Å². The fourth-order valence-electron chi connectivity index (χ4n) is 2.38. The lowest BCUT2D eigenvalue weighted by Gasteiger charge is -2.26. The van der Waals surface area contributed by atoms with E-state index in [4.69, 9.17) is 0 Å². The number of anilines is 1. The van der Waals surface area contributed by atoms with Gasteiger partial charge in [0.05, 0.1) is 10.6 Å². The first-order valence-corrected chi connectivity index (χ1v) is 8.16. The van der Waals surface area contributed by atoms with E-state index in [9.17, 15) is 12.8 Å². The van der Waals surface area contributed by atoms with Crippen LogP contribution in [0.25, 0.3) is 0 Å². The van der Waals surface area contributed by atoms with Gasteiger partial charge >= 0.3 is 0 Å². The molecular weight excluding hydrogens is 289 g/mol. The maximum Gasteiger partial charge on any atom is 0.264 e. The van der Waals surface area contributed by atoms with Gasteiger partial charge in [-0.2, -0.15) is 0 Å². The molecule has 0 saturated heterocycles. The Hall–Kier alpha value is -1.88. The minimum Gasteiger partial charge on any atom is -0.266 e. The van der Waals surface area contributed by atoms with Crippen LogP contribution in [0, 0.1) is 19.7 Å². The molecule has 0 spiro atoms. The Balaban J connectivity index is 2.57. The molecule has 0 atom stereocenters. The molecule has 0 heterocycles. The van der Waals surface area contributed by atoms with Gasteiger partial charge in [0.2, 0.25) is 0 Å². The molecule has 0 saturated carbocycles. The Bertz CT molecular complexity index is 719. The zero-order valence-electron chi connectivity index (χ0n) is 12.3. The van der Waals surface area contributed by atoms with Crippen LogP contribution in [0.2, 0.25) is 0 Å². The SMILES string of the molecule is CCN(c1c(C)cccc1C)S(=O)(=O)c1ccc(F)cc1. The molecule has 3 nitrogen and oxygen atoms in total. The van der Waals surface area contributed by atoms with Crippen molar-refractivity contribution in [3.05, 3.63) is 59.4 Å². The second-order valence-electron chi connectivity index (χ2n) is 4.86. The highest BCUT2D eigenvalue weighted by molar-refractivity contribution is 7.92. The van der Waals surface area contributed by atoms with Gasteiger partial charge in [0, 0.05) is 6.54 Å². The molecule has 5 heteroatoms. The first kappa shape index (κ1) is 15.5. The molecule has 2 rings (SSSR count). The number of sulfonamides is 1. The molecule has 0 aromatic heterocycles. The predicted molar refractivity (Wildman–Crippen MR) is 82.5 cm³/mol. The first-order chi connectivity index (χ1) is 9.87. The zero-order valence-corrected chi connectivity index (χ0v) is 13.1. The van der Waals surface area contributed by atoms with Gasteiger partial charge in [-0.1, -0.05) is 18.2 Å². The third-order valence-corrected chi connectivity index (χ3v) is 5.27. The van der Waals surface area contributed by atoms with Crippen LogP contribution in [-0.4, -0.2) is 15.0 Å². The summed E-state index contributed by atoms with van der Waals surface area (Å²) in [6, 6.07) is 10.6. The Morgan fingerprint density at radius 1 is 1.00 bits per heavy atom. The van der Waals surface area contributed by atoms with Gasteiger partial charge in [-0.3, -0.25) is 4.31 Å². The molecule has 21 heavy (non-hydrogen) atoms.